The number of hydrogen-bond acceptors (Lipinski definition) is 6. The molecule has 0 aliphatic carbocycles. The van der Waals surface area contributed by atoms with E-state index in [-0.39, 0.29) is 25.5 Å². The van der Waals surface area contributed by atoms with E-state index in [1.165, 1.54) is 17.9 Å². The van der Waals surface area contributed by atoms with Gasteiger partial charge >= 0.3 is 5.69 Å². The summed E-state index contributed by atoms with van der Waals surface area (Å²) in [7, 11) is 2.98. The van der Waals surface area contributed by atoms with Crippen molar-refractivity contribution in [2.45, 2.75) is 12.6 Å². The maximum absolute atomic E-state index is 12.3. The molecule has 1 fully saturated rings. The van der Waals surface area contributed by atoms with Crippen LogP contribution in [0.4, 0.5) is 0 Å². The van der Waals surface area contributed by atoms with Crippen molar-refractivity contribution >= 4 is 29.9 Å². The third-order valence-corrected chi connectivity index (χ3v) is 4.23. The Morgan fingerprint density at radius 2 is 2.00 bits per heavy atom. The fourth-order valence-corrected chi connectivity index (χ4v) is 2.80. The number of ether oxygens (including phenoxy) is 1. The quantitative estimate of drug-likeness (QED) is 0.499. The molecule has 11 heteroatoms. The summed E-state index contributed by atoms with van der Waals surface area (Å²) in [5, 5.41) is 10.2. The molecule has 1 N–H and O–H groups in total. The molecule has 1 unspecified atom stereocenters. The van der Waals surface area contributed by atoms with Gasteiger partial charge in [-0.05, 0) is 0 Å². The molecule has 3 rings (SSSR count). The fourth-order valence-electron chi connectivity index (χ4n) is 2.80. The summed E-state index contributed by atoms with van der Waals surface area (Å²) in [5.41, 5.74) is -0.268. The van der Waals surface area contributed by atoms with Crippen LogP contribution in [0.25, 0.3) is 11.2 Å². The molecule has 26 heavy (non-hydrogen) atoms. The number of nitrogens with zero attached hydrogens (tertiary/aromatic N) is 6. The lowest BCUT2D eigenvalue weighted by Gasteiger charge is -2.24. The second-order valence-corrected chi connectivity index (χ2v) is 6.06. The fraction of sp³-hybridized carbons (Fsp3) is 0.600. The molecule has 1 saturated heterocycles. The molecule has 10 nitrogen and oxygen atoms in total. The molecule has 144 valence electrons. The Balaban J connectivity index is 0.00000243. The van der Waals surface area contributed by atoms with Crippen LogP contribution in [0, 0.1) is 0 Å². The van der Waals surface area contributed by atoms with E-state index in [1.54, 1.807) is 18.0 Å². The highest BCUT2D eigenvalue weighted by Gasteiger charge is 2.16. The molecule has 0 amide bonds. The van der Waals surface area contributed by atoms with Gasteiger partial charge < -0.3 is 19.3 Å². The van der Waals surface area contributed by atoms with E-state index >= 15 is 0 Å². The van der Waals surface area contributed by atoms with Crippen LogP contribution in [0.5, 0.6) is 0 Å². The minimum absolute atomic E-state index is 0. The highest BCUT2D eigenvalue weighted by atomic mass is 35.5. The lowest BCUT2D eigenvalue weighted by Crippen LogP contribution is -2.38. The molecule has 0 aromatic carbocycles. The van der Waals surface area contributed by atoms with Gasteiger partial charge in [0.1, 0.15) is 0 Å². The minimum atomic E-state index is -0.767. The van der Waals surface area contributed by atoms with Crippen molar-refractivity contribution in [1.29, 1.82) is 0 Å². The summed E-state index contributed by atoms with van der Waals surface area (Å²) in [6, 6.07) is 0. The molecular weight excluding hydrogens is 364 g/mol. The van der Waals surface area contributed by atoms with Gasteiger partial charge in [-0.15, -0.1) is 12.4 Å². The van der Waals surface area contributed by atoms with Crippen LogP contribution in [0.1, 0.15) is 0 Å². The Hall–Kier alpha value is -2.17. The number of aromatic nitrogens is 4. The largest absolute Gasteiger partial charge is 0.389 e. The molecule has 2 aromatic rings. The van der Waals surface area contributed by atoms with E-state index in [2.05, 4.69) is 9.98 Å². The van der Waals surface area contributed by atoms with Crippen LogP contribution in [0.2, 0.25) is 0 Å². The zero-order valence-electron chi connectivity index (χ0n) is 14.7. The van der Waals surface area contributed by atoms with Gasteiger partial charge in [-0.1, -0.05) is 0 Å². The van der Waals surface area contributed by atoms with Gasteiger partial charge in [-0.2, -0.15) is 0 Å². The standard InChI is InChI=1S/C15H22N6O4.ClH/c1-18-13-12(14(23)19(2)15(18)24)21(10-17-13)8-11(22)7-16-9-20-3-5-25-6-4-20;/h9-11,22H,3-8H2,1-2H3;1H. The normalized spacial score (nSPS) is 16.2. The Morgan fingerprint density at radius 3 is 2.69 bits per heavy atom. The SMILES string of the molecule is Cl.Cn1c(=O)c2c(ncn2CC(O)CN=CN2CCOCC2)n(C)c1=O. The van der Waals surface area contributed by atoms with Crippen molar-refractivity contribution in [2.75, 3.05) is 32.8 Å². The van der Waals surface area contributed by atoms with Crippen LogP contribution in [0.15, 0.2) is 20.9 Å². The molecule has 0 saturated carbocycles. The predicted octanol–water partition coefficient (Wildman–Crippen LogP) is -1.42. The summed E-state index contributed by atoms with van der Waals surface area (Å²) < 4.78 is 9.17. The Labute approximate surface area is 155 Å². The van der Waals surface area contributed by atoms with E-state index in [0.717, 1.165) is 17.7 Å². The van der Waals surface area contributed by atoms with Crippen molar-refractivity contribution in [3.8, 4) is 0 Å². The van der Waals surface area contributed by atoms with Crippen LogP contribution in [-0.4, -0.2) is 74.0 Å². The molecule has 1 aliphatic heterocycles. The first-order valence-corrected chi connectivity index (χ1v) is 8.09. The van der Waals surface area contributed by atoms with Crippen LogP contribution >= 0.6 is 12.4 Å². The number of aryl methyl sites for hydroxylation is 1. The van der Waals surface area contributed by atoms with Crippen LogP contribution < -0.4 is 11.2 Å². The highest BCUT2D eigenvalue weighted by Crippen LogP contribution is 2.06. The first-order chi connectivity index (χ1) is 12.0. The molecule has 0 spiro atoms. The predicted molar refractivity (Wildman–Crippen MR) is 99.2 cm³/mol. The maximum atomic E-state index is 12.3. The summed E-state index contributed by atoms with van der Waals surface area (Å²) in [4.78, 5) is 34.7. The van der Waals surface area contributed by atoms with Crippen molar-refractivity contribution in [3.05, 3.63) is 27.2 Å². The summed E-state index contributed by atoms with van der Waals surface area (Å²) in [6.45, 7) is 3.31. The highest BCUT2D eigenvalue weighted by molar-refractivity contribution is 5.85. The van der Waals surface area contributed by atoms with Crippen molar-refractivity contribution in [2.24, 2.45) is 19.1 Å². The first-order valence-electron chi connectivity index (χ1n) is 8.09. The number of imidazole rings is 1. The van der Waals surface area contributed by atoms with Crippen molar-refractivity contribution in [1.82, 2.24) is 23.6 Å². The minimum Gasteiger partial charge on any atom is -0.389 e. The van der Waals surface area contributed by atoms with Gasteiger partial charge in [0, 0.05) is 27.2 Å². The van der Waals surface area contributed by atoms with E-state index < -0.39 is 17.4 Å². The molecule has 3 heterocycles. The number of fused-ring (bicyclic) bond motifs is 1. The van der Waals surface area contributed by atoms with E-state index in [4.69, 9.17) is 4.74 Å². The smallest absolute Gasteiger partial charge is 0.332 e. The van der Waals surface area contributed by atoms with E-state index in [0.29, 0.717) is 24.4 Å². The van der Waals surface area contributed by atoms with E-state index in [1.807, 2.05) is 4.90 Å². The van der Waals surface area contributed by atoms with Gasteiger partial charge in [-0.3, -0.25) is 18.9 Å². The first kappa shape index (κ1) is 20.1. The molecule has 2 aromatic heterocycles. The zero-order chi connectivity index (χ0) is 18.0. The monoisotopic (exact) mass is 386 g/mol. The number of aliphatic imine (C=N–C) groups is 1. The Kier molecular flexibility index (Phi) is 6.57. The number of rotatable bonds is 5. The summed E-state index contributed by atoms with van der Waals surface area (Å²) >= 11 is 0. The number of aliphatic hydroxyl groups excluding tert-OH is 1. The molecule has 1 aliphatic rings. The molecular formula is C15H23ClN6O4. The zero-order valence-corrected chi connectivity index (χ0v) is 15.6. The van der Waals surface area contributed by atoms with Crippen LogP contribution in [0.3, 0.4) is 0 Å². The maximum Gasteiger partial charge on any atom is 0.332 e. The van der Waals surface area contributed by atoms with Gasteiger partial charge in [0.15, 0.2) is 11.2 Å². The lowest BCUT2D eigenvalue weighted by molar-refractivity contribution is 0.0698. The third-order valence-electron chi connectivity index (χ3n) is 4.23. The average molecular weight is 387 g/mol. The van der Waals surface area contributed by atoms with Crippen molar-refractivity contribution in [3.63, 3.8) is 0 Å². The average Bonchev–Trinajstić information content (AvgIpc) is 3.02. The second-order valence-electron chi connectivity index (χ2n) is 6.06. The van der Waals surface area contributed by atoms with Crippen LogP contribution in [-0.2, 0) is 25.4 Å². The summed E-state index contributed by atoms with van der Waals surface area (Å²) in [6.07, 6.45) is 2.41. The van der Waals surface area contributed by atoms with Gasteiger partial charge in [0.25, 0.3) is 5.56 Å². The van der Waals surface area contributed by atoms with Gasteiger partial charge in [-0.25, -0.2) is 9.78 Å². The second kappa shape index (κ2) is 8.47. The number of hydrogen-bond donors (Lipinski definition) is 1. The Morgan fingerprint density at radius 1 is 1.31 bits per heavy atom. The topological polar surface area (TPSA) is 107 Å². The molecule has 1 atom stereocenters. The van der Waals surface area contributed by atoms with Gasteiger partial charge in [0.2, 0.25) is 0 Å². The molecule has 0 bridgehead atoms. The third kappa shape index (κ3) is 3.97. The number of halogens is 1. The lowest BCUT2D eigenvalue weighted by atomic mass is 10.3. The summed E-state index contributed by atoms with van der Waals surface area (Å²) in [5.74, 6) is 0. The Bertz CT molecular complexity index is 896. The molecule has 0 radical (unpaired) electrons. The van der Waals surface area contributed by atoms with E-state index in [9.17, 15) is 14.7 Å². The van der Waals surface area contributed by atoms with Gasteiger partial charge in [0.05, 0.1) is 45.1 Å². The number of morpholine rings is 1. The number of aliphatic hydroxyl groups is 1. The van der Waals surface area contributed by atoms with Crippen molar-refractivity contribution < 1.29 is 9.84 Å².